The van der Waals surface area contributed by atoms with Crippen LogP contribution in [0.2, 0.25) is 0 Å². The van der Waals surface area contributed by atoms with Crippen molar-refractivity contribution in [3.8, 4) is 0 Å². The molecule has 0 bridgehead atoms. The molecule has 3 N–H and O–H groups in total. The van der Waals surface area contributed by atoms with Gasteiger partial charge in [0.1, 0.15) is 6.54 Å². The highest BCUT2D eigenvalue weighted by Gasteiger charge is 2.25. The third-order valence-corrected chi connectivity index (χ3v) is 4.61. The molecule has 0 saturated heterocycles. The average Bonchev–Trinajstić information content (AvgIpc) is 3.10. The van der Waals surface area contributed by atoms with E-state index in [0.29, 0.717) is 5.82 Å². The number of carbonyl (C=O) groups excluding carboxylic acids is 2. The molecule has 0 unspecified atom stereocenters. The van der Waals surface area contributed by atoms with Gasteiger partial charge in [-0.05, 0) is 44.0 Å². The van der Waals surface area contributed by atoms with Crippen LogP contribution in [0.25, 0.3) is 10.9 Å². The first-order valence-electron chi connectivity index (χ1n) is 8.67. The topological polar surface area (TPSA) is 105 Å². The highest BCUT2D eigenvalue weighted by Crippen LogP contribution is 2.27. The van der Waals surface area contributed by atoms with E-state index in [1.54, 1.807) is 6.20 Å². The molecule has 3 aromatic rings. The highest BCUT2D eigenvalue weighted by atomic mass is 16.2. The van der Waals surface area contributed by atoms with E-state index in [1.807, 2.05) is 31.2 Å². The number of fused-ring (bicyclic) bond motifs is 1. The molecule has 1 fully saturated rings. The number of benzene rings is 1. The van der Waals surface area contributed by atoms with Crippen molar-refractivity contribution in [1.29, 1.82) is 0 Å². The number of anilines is 2. The molecule has 8 nitrogen and oxygen atoms in total. The number of nitrogens with zero attached hydrogens (tertiary/aromatic N) is 3. The summed E-state index contributed by atoms with van der Waals surface area (Å²) in [4.78, 5) is 27.4. The van der Waals surface area contributed by atoms with Crippen LogP contribution in [0.15, 0.2) is 30.5 Å². The summed E-state index contributed by atoms with van der Waals surface area (Å²) in [5, 5.41) is 14.4. The fraction of sp³-hybridized carbons (Fsp3) is 0.333. The third kappa shape index (κ3) is 3.44. The SMILES string of the molecule is Cc1cc2cc(NC(=O)Cn3cc(NC(=O)C4CCC4)nn3)ccc2[nH]1. The van der Waals surface area contributed by atoms with E-state index in [4.69, 9.17) is 0 Å². The van der Waals surface area contributed by atoms with Gasteiger partial charge in [-0.25, -0.2) is 4.68 Å². The molecule has 1 aromatic carbocycles. The van der Waals surface area contributed by atoms with Crippen molar-refractivity contribution in [3.63, 3.8) is 0 Å². The molecule has 0 radical (unpaired) electrons. The first-order chi connectivity index (χ1) is 12.6. The molecule has 1 aliphatic carbocycles. The lowest BCUT2D eigenvalue weighted by atomic mass is 9.85. The second-order valence-corrected chi connectivity index (χ2v) is 6.72. The lowest BCUT2D eigenvalue weighted by Gasteiger charge is -2.23. The Morgan fingerprint density at radius 1 is 1.27 bits per heavy atom. The number of rotatable bonds is 5. The second-order valence-electron chi connectivity index (χ2n) is 6.72. The van der Waals surface area contributed by atoms with E-state index in [9.17, 15) is 9.59 Å². The van der Waals surface area contributed by atoms with Crippen molar-refractivity contribution >= 4 is 34.2 Å². The van der Waals surface area contributed by atoms with Crippen molar-refractivity contribution in [2.24, 2.45) is 5.92 Å². The normalized spacial score (nSPS) is 14.2. The molecule has 8 heteroatoms. The number of aryl methyl sites for hydroxylation is 1. The number of carbonyl (C=O) groups is 2. The van der Waals surface area contributed by atoms with Crippen LogP contribution in [0.1, 0.15) is 25.0 Å². The van der Waals surface area contributed by atoms with E-state index >= 15 is 0 Å². The van der Waals surface area contributed by atoms with E-state index in [1.165, 1.54) is 4.68 Å². The van der Waals surface area contributed by atoms with Crippen molar-refractivity contribution in [3.05, 3.63) is 36.2 Å². The lowest BCUT2D eigenvalue weighted by molar-refractivity contribution is -0.122. The maximum Gasteiger partial charge on any atom is 0.246 e. The van der Waals surface area contributed by atoms with Gasteiger partial charge in [-0.2, -0.15) is 0 Å². The number of H-pyrrole nitrogens is 1. The van der Waals surface area contributed by atoms with Gasteiger partial charge in [-0.1, -0.05) is 11.6 Å². The summed E-state index contributed by atoms with van der Waals surface area (Å²) >= 11 is 0. The van der Waals surface area contributed by atoms with Gasteiger partial charge >= 0.3 is 0 Å². The fourth-order valence-electron chi connectivity index (χ4n) is 3.03. The second kappa shape index (κ2) is 6.62. The van der Waals surface area contributed by atoms with Gasteiger partial charge in [0.2, 0.25) is 11.8 Å². The monoisotopic (exact) mass is 352 g/mol. The summed E-state index contributed by atoms with van der Waals surface area (Å²) in [6.07, 6.45) is 4.51. The number of hydrogen-bond acceptors (Lipinski definition) is 4. The zero-order valence-electron chi connectivity index (χ0n) is 14.5. The molecule has 0 aliphatic heterocycles. The van der Waals surface area contributed by atoms with Gasteiger partial charge in [0.15, 0.2) is 5.82 Å². The van der Waals surface area contributed by atoms with Crippen LogP contribution in [-0.2, 0) is 16.1 Å². The van der Waals surface area contributed by atoms with Crippen molar-refractivity contribution in [1.82, 2.24) is 20.0 Å². The summed E-state index contributed by atoms with van der Waals surface area (Å²) in [7, 11) is 0. The van der Waals surface area contributed by atoms with Crippen LogP contribution in [0.4, 0.5) is 11.5 Å². The molecule has 2 heterocycles. The zero-order valence-corrected chi connectivity index (χ0v) is 14.5. The van der Waals surface area contributed by atoms with Gasteiger partial charge in [0, 0.05) is 28.2 Å². The predicted octanol–water partition coefficient (Wildman–Crippen LogP) is 2.45. The Kier molecular flexibility index (Phi) is 4.16. The summed E-state index contributed by atoms with van der Waals surface area (Å²) in [6, 6.07) is 7.73. The maximum atomic E-state index is 12.2. The van der Waals surface area contributed by atoms with Crippen molar-refractivity contribution < 1.29 is 9.59 Å². The number of amides is 2. The first-order valence-corrected chi connectivity index (χ1v) is 8.67. The Morgan fingerprint density at radius 3 is 2.88 bits per heavy atom. The predicted molar refractivity (Wildman–Crippen MR) is 97.7 cm³/mol. The molecule has 134 valence electrons. The minimum Gasteiger partial charge on any atom is -0.359 e. The molecular formula is C18H20N6O2. The number of aromatic amines is 1. The molecule has 2 amide bonds. The van der Waals surface area contributed by atoms with Gasteiger partial charge < -0.3 is 15.6 Å². The molecule has 0 spiro atoms. The Labute approximate surface area is 150 Å². The number of hydrogen-bond donors (Lipinski definition) is 3. The Balaban J connectivity index is 1.35. The molecule has 4 rings (SSSR count). The van der Waals surface area contributed by atoms with E-state index in [2.05, 4.69) is 25.9 Å². The van der Waals surface area contributed by atoms with Crippen LogP contribution in [-0.4, -0.2) is 31.8 Å². The van der Waals surface area contributed by atoms with E-state index < -0.39 is 0 Å². The Morgan fingerprint density at radius 2 is 2.12 bits per heavy atom. The van der Waals surface area contributed by atoms with Gasteiger partial charge in [-0.15, -0.1) is 5.10 Å². The van der Waals surface area contributed by atoms with E-state index in [-0.39, 0.29) is 24.3 Å². The largest absolute Gasteiger partial charge is 0.359 e. The van der Waals surface area contributed by atoms with Gasteiger partial charge in [0.05, 0.1) is 6.20 Å². The van der Waals surface area contributed by atoms with E-state index in [0.717, 1.165) is 41.5 Å². The molecule has 26 heavy (non-hydrogen) atoms. The van der Waals surface area contributed by atoms with Crippen LogP contribution < -0.4 is 10.6 Å². The van der Waals surface area contributed by atoms with Crippen LogP contribution in [0.3, 0.4) is 0 Å². The van der Waals surface area contributed by atoms with Crippen molar-refractivity contribution in [2.45, 2.75) is 32.7 Å². The molecule has 0 atom stereocenters. The standard InChI is InChI=1S/C18H20N6O2/c1-11-7-13-8-14(5-6-15(13)19-11)20-17(25)10-24-9-16(22-23-24)21-18(26)12-3-2-4-12/h5-9,12,19H,2-4,10H2,1H3,(H,20,25)(H,21,26). The molecule has 2 aromatic heterocycles. The molecule has 1 saturated carbocycles. The van der Waals surface area contributed by atoms with Gasteiger partial charge in [-0.3, -0.25) is 9.59 Å². The molecule has 1 aliphatic rings. The first kappa shape index (κ1) is 16.3. The highest BCUT2D eigenvalue weighted by molar-refractivity contribution is 5.94. The maximum absolute atomic E-state index is 12.2. The minimum absolute atomic E-state index is 0.0243. The summed E-state index contributed by atoms with van der Waals surface area (Å²) in [5.74, 6) is 0.218. The summed E-state index contributed by atoms with van der Waals surface area (Å²) in [6.45, 7) is 2.01. The summed E-state index contributed by atoms with van der Waals surface area (Å²) < 4.78 is 1.41. The number of nitrogens with one attached hydrogen (secondary N) is 3. The van der Waals surface area contributed by atoms with Crippen LogP contribution >= 0.6 is 0 Å². The number of aromatic nitrogens is 4. The third-order valence-electron chi connectivity index (χ3n) is 4.61. The summed E-state index contributed by atoms with van der Waals surface area (Å²) in [5.41, 5.74) is 2.83. The zero-order chi connectivity index (χ0) is 18.1. The Bertz CT molecular complexity index is 969. The fourth-order valence-corrected chi connectivity index (χ4v) is 3.03. The van der Waals surface area contributed by atoms with Crippen molar-refractivity contribution in [2.75, 3.05) is 10.6 Å². The van der Waals surface area contributed by atoms with Crippen LogP contribution in [0, 0.1) is 12.8 Å². The molecular weight excluding hydrogens is 332 g/mol. The minimum atomic E-state index is -0.210. The van der Waals surface area contributed by atoms with Crippen LogP contribution in [0.5, 0.6) is 0 Å². The van der Waals surface area contributed by atoms with Gasteiger partial charge in [0.25, 0.3) is 0 Å². The Hall–Kier alpha value is -3.16. The smallest absolute Gasteiger partial charge is 0.246 e. The average molecular weight is 352 g/mol. The quantitative estimate of drug-likeness (QED) is 0.656. The lowest BCUT2D eigenvalue weighted by Crippen LogP contribution is -2.28.